The maximum atomic E-state index is 9.63. The molecule has 4 heteroatoms. The molecule has 0 atom stereocenters. The van der Waals surface area contributed by atoms with Crippen molar-refractivity contribution in [3.05, 3.63) is 204 Å². The molecule has 354 valence electrons. The van der Waals surface area contributed by atoms with Gasteiger partial charge in [-0.15, -0.1) is 0 Å². The van der Waals surface area contributed by atoms with Gasteiger partial charge in [-0.1, -0.05) is 178 Å². The fourth-order valence-corrected chi connectivity index (χ4v) is 11.6. The molecule has 0 aliphatic carbocycles. The molecule has 0 unspecified atom stereocenters. The molecule has 4 aromatic heterocycles. The first-order valence-electron chi connectivity index (χ1n) is 29.4. The van der Waals surface area contributed by atoms with Gasteiger partial charge in [-0.05, 0) is 118 Å². The summed E-state index contributed by atoms with van der Waals surface area (Å²) in [5.41, 5.74) is 12.0. The van der Waals surface area contributed by atoms with E-state index < -0.39 is 0 Å². The summed E-state index contributed by atoms with van der Waals surface area (Å²) in [6, 6.07) is 45.3. The van der Waals surface area contributed by atoms with Crippen molar-refractivity contribution in [3.63, 3.8) is 0 Å². The van der Waals surface area contributed by atoms with Crippen LogP contribution in [0.1, 0.15) is 114 Å². The molecule has 0 saturated heterocycles. The average Bonchev–Trinajstić information content (AvgIpc) is 4.33. The van der Waals surface area contributed by atoms with E-state index in [1.165, 1.54) is 0 Å². The monoisotopic (exact) mass is 943 g/mol. The summed E-state index contributed by atoms with van der Waals surface area (Å²) in [5, 5.41) is 8.08. The van der Waals surface area contributed by atoms with Gasteiger partial charge in [0, 0.05) is 65.8 Å². The smallest absolute Gasteiger partial charge is 0.0645 e. The zero-order valence-electron chi connectivity index (χ0n) is 50.6. The van der Waals surface area contributed by atoms with E-state index in [1.54, 1.807) is 0 Å². The van der Waals surface area contributed by atoms with E-state index >= 15 is 0 Å². The van der Waals surface area contributed by atoms with Gasteiger partial charge in [-0.3, -0.25) is 0 Å². The fourth-order valence-electron chi connectivity index (χ4n) is 11.6. The quantitative estimate of drug-likeness (QED) is 0.151. The Balaban J connectivity index is 1.19. The van der Waals surface area contributed by atoms with Crippen molar-refractivity contribution in [2.45, 2.75) is 91.9 Å². The van der Waals surface area contributed by atoms with Crippen LogP contribution in [0.25, 0.3) is 76.2 Å². The molecular formula is C68H62N4. The average molecular weight is 943 g/mol. The predicted molar refractivity (Wildman–Crippen MR) is 311 cm³/mol. The largest absolute Gasteiger partial charge is 0.310 e. The summed E-state index contributed by atoms with van der Waals surface area (Å²) in [5.74, 6) is -0.432. The Bertz CT molecular complexity index is 4360. The molecule has 4 heterocycles. The van der Waals surface area contributed by atoms with E-state index in [2.05, 4.69) is 123 Å². The Hall–Kier alpha value is -7.82. The Morgan fingerprint density at radius 3 is 1.10 bits per heavy atom. The molecular weight excluding hydrogens is 873 g/mol. The first-order valence-corrected chi connectivity index (χ1v) is 25.4. The zero-order valence-corrected chi connectivity index (χ0v) is 42.6. The molecule has 0 N–H and O–H groups in total. The molecule has 0 aliphatic rings. The molecule has 0 saturated carbocycles. The second-order valence-electron chi connectivity index (χ2n) is 22.3. The Morgan fingerprint density at radius 2 is 0.750 bits per heavy atom. The number of anilines is 6. The number of hydrogen-bond donors (Lipinski definition) is 0. The van der Waals surface area contributed by atoms with Crippen molar-refractivity contribution in [3.8, 4) is 0 Å². The number of rotatable bonds is 8. The predicted octanol–water partition coefficient (Wildman–Crippen LogP) is 19.8. The summed E-state index contributed by atoms with van der Waals surface area (Å²) >= 11 is 0. The number of para-hydroxylation sites is 4. The molecule has 13 rings (SSSR count). The molecule has 4 nitrogen and oxygen atoms in total. The lowest BCUT2D eigenvalue weighted by Gasteiger charge is -2.27. The first kappa shape index (κ1) is 36.2. The van der Waals surface area contributed by atoms with Gasteiger partial charge in [0.05, 0.1) is 55.4 Å². The normalized spacial score (nSPS) is 14.4. The zero-order chi connectivity index (χ0) is 56.5. The highest BCUT2D eigenvalue weighted by atomic mass is 15.2. The van der Waals surface area contributed by atoms with Crippen LogP contribution in [-0.2, 0) is 10.8 Å². The van der Waals surface area contributed by atoms with E-state index in [0.29, 0.717) is 22.5 Å². The van der Waals surface area contributed by atoms with Crippen LogP contribution in [0.3, 0.4) is 0 Å². The molecule has 0 amide bonds. The van der Waals surface area contributed by atoms with E-state index in [1.807, 2.05) is 98.2 Å². The van der Waals surface area contributed by atoms with Crippen molar-refractivity contribution in [2.75, 3.05) is 9.80 Å². The molecule has 0 fully saturated rings. The van der Waals surface area contributed by atoms with Crippen LogP contribution in [0.4, 0.5) is 34.1 Å². The summed E-state index contributed by atoms with van der Waals surface area (Å²) in [4.78, 5) is 3.87. The van der Waals surface area contributed by atoms with Gasteiger partial charge in [0.25, 0.3) is 0 Å². The lowest BCUT2D eigenvalue weighted by molar-refractivity contribution is 0.594. The van der Waals surface area contributed by atoms with E-state index in [0.717, 1.165) is 98.7 Å². The second-order valence-corrected chi connectivity index (χ2v) is 22.3. The molecule has 72 heavy (non-hydrogen) atoms. The van der Waals surface area contributed by atoms with Crippen LogP contribution in [0.2, 0.25) is 0 Å². The van der Waals surface area contributed by atoms with Crippen molar-refractivity contribution in [1.29, 1.82) is 0 Å². The topological polar surface area (TPSA) is 15.3 Å². The molecule has 0 spiro atoms. The number of benzene rings is 9. The van der Waals surface area contributed by atoms with E-state index in [9.17, 15) is 11.0 Å². The molecule has 0 bridgehead atoms. The second kappa shape index (κ2) is 15.8. The van der Waals surface area contributed by atoms with Crippen molar-refractivity contribution < 1.29 is 11.0 Å². The minimum absolute atomic E-state index is 0.0403. The standard InChI is InChI=1S/C68H62N4/c1-41(2)43-27-31-47(32-28-43)69(45-19-13-11-14-20-45)57-37-35-49-53-39-60-54(40-59(53)71-63-51(61(57)65(49)71)23-17-25-55(63)67(5,6)7)50-36-38-58(62-52-24-18-26-56(68(8,9)10)64(52)72(60)66(50)62)70(46-21-15-12-16-22-46)48-33-29-44(30-34-48)42(3)4/h11-42H,1-10H3/i27D,28D,29D,30D,31D,32D,33D,34D. The number of fused-ring (bicyclic) bond motifs is 12. The Kier molecular flexibility index (Phi) is 7.95. The highest BCUT2D eigenvalue weighted by molar-refractivity contribution is 6.32. The van der Waals surface area contributed by atoms with Gasteiger partial charge in [0.2, 0.25) is 0 Å². The summed E-state index contributed by atoms with van der Waals surface area (Å²) in [6.45, 7) is 21.1. The van der Waals surface area contributed by atoms with Crippen molar-refractivity contribution in [2.24, 2.45) is 0 Å². The van der Waals surface area contributed by atoms with E-state index in [4.69, 9.17) is 0 Å². The third-order valence-corrected chi connectivity index (χ3v) is 15.0. The third kappa shape index (κ3) is 6.43. The van der Waals surface area contributed by atoms with E-state index in [-0.39, 0.29) is 82.4 Å². The van der Waals surface area contributed by atoms with Gasteiger partial charge in [-0.25, -0.2) is 0 Å². The van der Waals surface area contributed by atoms with Crippen molar-refractivity contribution in [1.82, 2.24) is 8.80 Å². The van der Waals surface area contributed by atoms with Crippen LogP contribution in [0, 0.1) is 0 Å². The highest BCUT2D eigenvalue weighted by Crippen LogP contribution is 2.53. The third-order valence-electron chi connectivity index (χ3n) is 15.0. The van der Waals surface area contributed by atoms with Gasteiger partial charge in [-0.2, -0.15) is 0 Å². The minimum Gasteiger partial charge on any atom is -0.310 e. The van der Waals surface area contributed by atoms with Gasteiger partial charge >= 0.3 is 0 Å². The highest BCUT2D eigenvalue weighted by Gasteiger charge is 2.31. The van der Waals surface area contributed by atoms with Gasteiger partial charge in [0.15, 0.2) is 0 Å². The summed E-state index contributed by atoms with van der Waals surface area (Å²) in [7, 11) is 0. The SMILES string of the molecule is [2H]c1c([2H])c(N(c2ccccc2)c2ccc3c4cc5c(cc4n4c6c(C(C)(C)C)cccc6c2c34)c2ccc(N(c3ccccc3)c3c([2H])c([2H])c(C(C)C)c([2H])c3[2H])c3c4cccc(C(C)(C)C)c4n5c23)c([2H])c([2H])c1C(C)C. The Morgan fingerprint density at radius 1 is 0.375 bits per heavy atom. The number of aromatic nitrogens is 2. The van der Waals surface area contributed by atoms with Crippen LogP contribution in [0.15, 0.2) is 182 Å². The first-order chi connectivity index (χ1) is 38.0. The maximum Gasteiger partial charge on any atom is 0.0645 e. The summed E-state index contributed by atoms with van der Waals surface area (Å²) < 4.78 is 80.6. The fraction of sp³-hybridized carbons (Fsp3) is 0.206. The maximum absolute atomic E-state index is 9.63. The van der Waals surface area contributed by atoms with Gasteiger partial charge < -0.3 is 18.6 Å². The van der Waals surface area contributed by atoms with Gasteiger partial charge in [0.1, 0.15) is 0 Å². The lowest BCUT2D eigenvalue weighted by Crippen LogP contribution is -2.12. The van der Waals surface area contributed by atoms with Crippen LogP contribution in [0.5, 0.6) is 0 Å². The number of hydrogen-bond acceptors (Lipinski definition) is 2. The summed E-state index contributed by atoms with van der Waals surface area (Å²) in [6.07, 6.45) is 0. The molecule has 0 radical (unpaired) electrons. The van der Waals surface area contributed by atoms with Crippen LogP contribution in [-0.4, -0.2) is 8.80 Å². The van der Waals surface area contributed by atoms with Crippen LogP contribution >= 0.6 is 0 Å². The molecule has 0 aliphatic heterocycles. The Labute approximate surface area is 434 Å². The minimum atomic E-state index is -0.288. The van der Waals surface area contributed by atoms with Crippen LogP contribution < -0.4 is 9.80 Å². The van der Waals surface area contributed by atoms with Crippen molar-refractivity contribution >= 4 is 110 Å². The lowest BCUT2D eigenvalue weighted by atomic mass is 9.85. The number of nitrogens with zero attached hydrogens (tertiary/aromatic N) is 4. The molecule has 13 aromatic rings. The molecule has 9 aromatic carbocycles.